The summed E-state index contributed by atoms with van der Waals surface area (Å²) >= 11 is 0.922. The lowest BCUT2D eigenvalue weighted by Crippen LogP contribution is -2.38. The van der Waals surface area contributed by atoms with Crippen molar-refractivity contribution in [1.29, 1.82) is 0 Å². The molecule has 10 nitrogen and oxygen atoms in total. The molecule has 1 unspecified atom stereocenters. The molecule has 0 saturated heterocycles. The molecule has 0 spiro atoms. The Bertz CT molecular complexity index is 1510. The van der Waals surface area contributed by atoms with E-state index in [2.05, 4.69) is 24.1 Å². The summed E-state index contributed by atoms with van der Waals surface area (Å²) in [6.07, 6.45) is -0.272. The fraction of sp³-hybridized carbons (Fsp3) is 0.452. The van der Waals surface area contributed by atoms with Gasteiger partial charge in [0.15, 0.2) is 6.10 Å². The van der Waals surface area contributed by atoms with Gasteiger partial charge in [-0.3, -0.25) is 14.7 Å². The molecule has 1 atom stereocenters. The number of esters is 3. The van der Waals surface area contributed by atoms with Crippen LogP contribution in [0.4, 0.5) is 5.00 Å². The highest BCUT2D eigenvalue weighted by Crippen LogP contribution is 2.35. The van der Waals surface area contributed by atoms with Crippen LogP contribution in [0.15, 0.2) is 24.3 Å². The SMILES string of the molecule is CCOC(=O)c1sc(NC(=O)C(CC)OC(=O)c2c3c(nc4ccccc24)CCN(C(C)C)C3)c(C(=O)OCC)c1C. The molecule has 11 heteroatoms. The van der Waals surface area contributed by atoms with Gasteiger partial charge in [-0.1, -0.05) is 25.1 Å². The van der Waals surface area contributed by atoms with Crippen LogP contribution in [0.5, 0.6) is 0 Å². The Hall–Kier alpha value is -3.83. The highest BCUT2D eigenvalue weighted by molar-refractivity contribution is 7.18. The van der Waals surface area contributed by atoms with Gasteiger partial charge in [-0.05, 0) is 52.7 Å². The normalized spacial score (nSPS) is 13.9. The van der Waals surface area contributed by atoms with E-state index in [0.717, 1.165) is 29.1 Å². The van der Waals surface area contributed by atoms with Crippen LogP contribution in [0, 0.1) is 6.92 Å². The Morgan fingerprint density at radius 2 is 1.69 bits per heavy atom. The van der Waals surface area contributed by atoms with Crippen molar-refractivity contribution >= 4 is 51.1 Å². The summed E-state index contributed by atoms with van der Waals surface area (Å²) in [5.74, 6) is -2.51. The predicted molar refractivity (Wildman–Crippen MR) is 160 cm³/mol. The van der Waals surface area contributed by atoms with Crippen LogP contribution < -0.4 is 5.32 Å². The number of aromatic nitrogens is 1. The highest BCUT2D eigenvalue weighted by atomic mass is 32.1. The molecule has 1 aliphatic heterocycles. The average molecular weight is 596 g/mol. The van der Waals surface area contributed by atoms with Gasteiger partial charge in [-0.15, -0.1) is 11.3 Å². The number of nitrogens with zero attached hydrogens (tertiary/aromatic N) is 2. The Labute approximate surface area is 249 Å². The zero-order valence-corrected chi connectivity index (χ0v) is 25.7. The van der Waals surface area contributed by atoms with E-state index < -0.39 is 29.9 Å². The minimum atomic E-state index is -1.16. The van der Waals surface area contributed by atoms with Crippen LogP contribution >= 0.6 is 11.3 Å². The molecule has 0 saturated carbocycles. The number of ether oxygens (including phenoxy) is 3. The van der Waals surface area contributed by atoms with Crippen LogP contribution in [-0.4, -0.2) is 65.6 Å². The number of fused-ring (bicyclic) bond motifs is 2. The van der Waals surface area contributed by atoms with Crippen molar-refractivity contribution in [3.8, 4) is 0 Å². The van der Waals surface area contributed by atoms with Gasteiger partial charge in [0.2, 0.25) is 0 Å². The highest BCUT2D eigenvalue weighted by Gasteiger charge is 2.32. The first-order valence-electron chi connectivity index (χ1n) is 14.2. The number of hydrogen-bond donors (Lipinski definition) is 1. The zero-order valence-electron chi connectivity index (χ0n) is 24.9. The molecule has 2 aromatic heterocycles. The molecule has 42 heavy (non-hydrogen) atoms. The van der Waals surface area contributed by atoms with Crippen LogP contribution in [0.3, 0.4) is 0 Å². The van der Waals surface area contributed by atoms with Gasteiger partial charge in [0.25, 0.3) is 5.91 Å². The molecular formula is C31H37N3O7S. The van der Waals surface area contributed by atoms with Crippen molar-refractivity contribution in [3.05, 3.63) is 57.1 Å². The fourth-order valence-corrected chi connectivity index (χ4v) is 6.12. The third-order valence-electron chi connectivity index (χ3n) is 7.25. The second kappa shape index (κ2) is 13.4. The molecule has 1 aliphatic rings. The summed E-state index contributed by atoms with van der Waals surface area (Å²) in [4.78, 5) is 59.9. The molecule has 4 rings (SSSR count). The van der Waals surface area contributed by atoms with Crippen molar-refractivity contribution in [2.45, 2.75) is 73.1 Å². The van der Waals surface area contributed by atoms with Crippen molar-refractivity contribution in [3.63, 3.8) is 0 Å². The van der Waals surface area contributed by atoms with Crippen LogP contribution in [-0.2, 0) is 32.0 Å². The van der Waals surface area contributed by atoms with Gasteiger partial charge in [-0.25, -0.2) is 14.4 Å². The third-order valence-corrected chi connectivity index (χ3v) is 8.43. The summed E-state index contributed by atoms with van der Waals surface area (Å²) in [6, 6.07) is 7.70. The maximum atomic E-state index is 13.8. The second-order valence-electron chi connectivity index (χ2n) is 10.2. The zero-order chi connectivity index (χ0) is 30.6. The number of benzene rings is 1. The molecule has 1 aromatic carbocycles. The Morgan fingerprint density at radius 3 is 2.36 bits per heavy atom. The number of nitrogens with one attached hydrogen (secondary N) is 1. The molecule has 1 N–H and O–H groups in total. The summed E-state index contributed by atoms with van der Waals surface area (Å²) in [6.45, 7) is 12.5. The predicted octanol–water partition coefficient (Wildman–Crippen LogP) is 5.30. The largest absolute Gasteiger partial charge is 0.462 e. The summed E-state index contributed by atoms with van der Waals surface area (Å²) < 4.78 is 16.2. The average Bonchev–Trinajstić information content (AvgIpc) is 3.29. The smallest absolute Gasteiger partial charge is 0.348 e. The maximum Gasteiger partial charge on any atom is 0.348 e. The van der Waals surface area contributed by atoms with E-state index in [9.17, 15) is 19.2 Å². The quantitative estimate of drug-likeness (QED) is 0.246. The lowest BCUT2D eigenvalue weighted by Gasteiger charge is -2.32. The number of para-hydroxylation sites is 1. The minimum absolute atomic E-state index is 0.0717. The fourth-order valence-electron chi connectivity index (χ4n) is 5.03. The lowest BCUT2D eigenvalue weighted by molar-refractivity contribution is -0.124. The van der Waals surface area contributed by atoms with E-state index in [0.29, 0.717) is 35.0 Å². The number of carbonyl (C=O) groups is 4. The van der Waals surface area contributed by atoms with Gasteiger partial charge < -0.3 is 19.5 Å². The summed E-state index contributed by atoms with van der Waals surface area (Å²) in [5.41, 5.74) is 3.19. The molecule has 224 valence electrons. The first-order valence-corrected chi connectivity index (χ1v) is 15.1. The van der Waals surface area contributed by atoms with E-state index in [-0.39, 0.29) is 41.1 Å². The molecular weight excluding hydrogens is 558 g/mol. The van der Waals surface area contributed by atoms with Crippen molar-refractivity contribution < 1.29 is 33.4 Å². The van der Waals surface area contributed by atoms with E-state index in [1.54, 1.807) is 27.7 Å². The van der Waals surface area contributed by atoms with E-state index in [1.165, 1.54) is 0 Å². The second-order valence-corrected chi connectivity index (χ2v) is 11.3. The number of rotatable bonds is 10. The molecule has 3 aromatic rings. The van der Waals surface area contributed by atoms with Gasteiger partial charge >= 0.3 is 17.9 Å². The number of amides is 1. The van der Waals surface area contributed by atoms with Gasteiger partial charge in [0.05, 0.1) is 29.9 Å². The molecule has 1 amide bonds. The number of carbonyl (C=O) groups excluding carboxylic acids is 4. The van der Waals surface area contributed by atoms with Gasteiger partial charge in [0, 0.05) is 42.2 Å². The first-order chi connectivity index (χ1) is 20.1. The maximum absolute atomic E-state index is 13.8. The molecule has 0 fully saturated rings. The van der Waals surface area contributed by atoms with Crippen molar-refractivity contribution in [2.24, 2.45) is 0 Å². The first kappa shape index (κ1) is 31.1. The number of anilines is 1. The van der Waals surface area contributed by atoms with Gasteiger partial charge in [-0.2, -0.15) is 0 Å². The van der Waals surface area contributed by atoms with Crippen LogP contribution in [0.2, 0.25) is 0 Å². The van der Waals surface area contributed by atoms with Gasteiger partial charge in [0.1, 0.15) is 9.88 Å². The van der Waals surface area contributed by atoms with E-state index >= 15 is 0 Å². The standard InChI is InChI=1S/C31H37N3O7S/c1-7-23(27(35)33-28-24(29(36)39-8-2)18(6)26(42-28)31(38)40-9-3)41-30(37)25-19-12-10-11-13-21(19)32-22-14-15-34(17(4)5)16-20(22)25/h10-13,17,23H,7-9,14-16H2,1-6H3,(H,33,35). The Kier molecular flexibility index (Phi) is 9.95. The van der Waals surface area contributed by atoms with Crippen LogP contribution in [0.1, 0.15) is 88.2 Å². The summed E-state index contributed by atoms with van der Waals surface area (Å²) in [5, 5.41) is 3.51. The minimum Gasteiger partial charge on any atom is -0.462 e. The molecule has 3 heterocycles. The molecule has 0 aliphatic carbocycles. The summed E-state index contributed by atoms with van der Waals surface area (Å²) in [7, 11) is 0. The monoisotopic (exact) mass is 595 g/mol. The Balaban J connectivity index is 1.66. The number of pyridine rings is 1. The molecule has 0 bridgehead atoms. The third kappa shape index (κ3) is 6.32. The lowest BCUT2D eigenvalue weighted by atomic mass is 9.95. The number of thiophene rings is 1. The Morgan fingerprint density at radius 1 is 1.00 bits per heavy atom. The van der Waals surface area contributed by atoms with Crippen molar-refractivity contribution in [2.75, 3.05) is 25.1 Å². The van der Waals surface area contributed by atoms with Crippen LogP contribution in [0.25, 0.3) is 10.9 Å². The topological polar surface area (TPSA) is 124 Å². The van der Waals surface area contributed by atoms with E-state index in [1.807, 2.05) is 24.3 Å². The van der Waals surface area contributed by atoms with Crippen molar-refractivity contribution in [1.82, 2.24) is 9.88 Å². The van der Waals surface area contributed by atoms with E-state index in [4.69, 9.17) is 19.2 Å². The molecule has 0 radical (unpaired) electrons. The number of hydrogen-bond acceptors (Lipinski definition) is 10.